The number of hydrogen-bond acceptors (Lipinski definition) is 8. The first-order valence-electron chi connectivity index (χ1n) is 11.1. The standard InChI is InChI=1S/C26H23FO8/c1-3-16-11-17(28)24-19(7-5-9-21(24)34-16)32-13-15(27)14-33-20-8-6-10-22-25(20)18(29)12-23(35-22)26(30)31-4-2/h5-12,15H,3-4,13-14H2,1-2H3. The molecule has 182 valence electrons. The topological polar surface area (TPSA) is 105 Å². The zero-order valence-corrected chi connectivity index (χ0v) is 19.2. The van der Waals surface area contributed by atoms with Crippen molar-refractivity contribution in [1.29, 1.82) is 0 Å². The number of aryl methyl sites for hydroxylation is 1. The largest absolute Gasteiger partial charge is 0.489 e. The molecule has 0 spiro atoms. The summed E-state index contributed by atoms with van der Waals surface area (Å²) in [5.41, 5.74) is -0.317. The van der Waals surface area contributed by atoms with E-state index >= 15 is 0 Å². The predicted octanol–water partition coefficient (Wildman–Crippen LogP) is 4.43. The van der Waals surface area contributed by atoms with Crippen molar-refractivity contribution in [3.8, 4) is 11.5 Å². The summed E-state index contributed by atoms with van der Waals surface area (Å²) in [6.45, 7) is 2.83. The molecule has 0 saturated carbocycles. The van der Waals surface area contributed by atoms with E-state index in [0.29, 0.717) is 17.8 Å². The molecule has 0 N–H and O–H groups in total. The van der Waals surface area contributed by atoms with E-state index in [9.17, 15) is 18.8 Å². The second-order valence-corrected chi connectivity index (χ2v) is 7.60. The van der Waals surface area contributed by atoms with Gasteiger partial charge in [-0.2, -0.15) is 0 Å². The van der Waals surface area contributed by atoms with Gasteiger partial charge in [-0.1, -0.05) is 19.1 Å². The van der Waals surface area contributed by atoms with Crippen LogP contribution in [0.2, 0.25) is 0 Å². The van der Waals surface area contributed by atoms with Gasteiger partial charge in [0, 0.05) is 18.6 Å². The van der Waals surface area contributed by atoms with Gasteiger partial charge in [-0.25, -0.2) is 9.18 Å². The minimum atomic E-state index is -1.58. The Morgan fingerprint density at radius 1 is 0.886 bits per heavy atom. The monoisotopic (exact) mass is 482 g/mol. The molecule has 0 aliphatic carbocycles. The lowest BCUT2D eigenvalue weighted by atomic mass is 10.2. The number of benzene rings is 2. The van der Waals surface area contributed by atoms with Crippen LogP contribution >= 0.6 is 0 Å². The van der Waals surface area contributed by atoms with Crippen LogP contribution < -0.4 is 20.3 Å². The average molecular weight is 482 g/mol. The molecule has 2 aromatic heterocycles. The lowest BCUT2D eigenvalue weighted by Gasteiger charge is -2.14. The summed E-state index contributed by atoms with van der Waals surface area (Å²) in [6, 6.07) is 11.8. The van der Waals surface area contributed by atoms with Crippen molar-refractivity contribution in [2.45, 2.75) is 26.4 Å². The molecule has 0 saturated heterocycles. The fourth-order valence-electron chi connectivity index (χ4n) is 3.53. The Bertz CT molecular complexity index is 1490. The summed E-state index contributed by atoms with van der Waals surface area (Å²) in [4.78, 5) is 36.9. The Morgan fingerprint density at radius 3 is 2.03 bits per heavy atom. The molecule has 0 bridgehead atoms. The minimum Gasteiger partial charge on any atom is -0.489 e. The van der Waals surface area contributed by atoms with Gasteiger partial charge in [0.1, 0.15) is 52.4 Å². The Balaban J connectivity index is 1.47. The van der Waals surface area contributed by atoms with Crippen LogP contribution in [0.15, 0.2) is 67.0 Å². The highest BCUT2D eigenvalue weighted by molar-refractivity contribution is 5.90. The summed E-state index contributed by atoms with van der Waals surface area (Å²) in [6.07, 6.45) is -1.01. The number of carbonyl (C=O) groups excluding carboxylic acids is 1. The van der Waals surface area contributed by atoms with Crippen LogP contribution in [-0.2, 0) is 11.2 Å². The quantitative estimate of drug-likeness (QED) is 0.323. The zero-order chi connectivity index (χ0) is 24.9. The maximum Gasteiger partial charge on any atom is 0.374 e. The smallest absolute Gasteiger partial charge is 0.374 e. The Labute approximate surface area is 198 Å². The van der Waals surface area contributed by atoms with Crippen LogP contribution in [0.4, 0.5) is 4.39 Å². The third kappa shape index (κ3) is 5.18. The Morgan fingerprint density at radius 2 is 1.46 bits per heavy atom. The fourth-order valence-corrected chi connectivity index (χ4v) is 3.53. The van der Waals surface area contributed by atoms with Gasteiger partial charge in [-0.05, 0) is 31.2 Å². The number of alkyl halides is 1. The highest BCUT2D eigenvalue weighted by atomic mass is 19.1. The van der Waals surface area contributed by atoms with Crippen molar-refractivity contribution in [2.75, 3.05) is 19.8 Å². The van der Waals surface area contributed by atoms with Gasteiger partial charge in [0.2, 0.25) is 5.76 Å². The number of rotatable bonds is 9. The van der Waals surface area contributed by atoms with E-state index in [1.807, 2.05) is 6.92 Å². The van der Waals surface area contributed by atoms with Crippen LogP contribution in [0.1, 0.15) is 30.2 Å². The molecule has 0 amide bonds. The van der Waals surface area contributed by atoms with E-state index in [1.165, 1.54) is 18.2 Å². The van der Waals surface area contributed by atoms with Crippen molar-refractivity contribution in [3.63, 3.8) is 0 Å². The molecule has 9 heteroatoms. The van der Waals surface area contributed by atoms with Crippen LogP contribution in [0.3, 0.4) is 0 Å². The number of carbonyl (C=O) groups is 1. The SMILES string of the molecule is CCOC(=O)c1cc(=O)c2c(OCC(F)COc3cccc4oc(CC)cc(=O)c34)cccc2o1. The molecule has 0 aliphatic rings. The molecule has 1 unspecified atom stereocenters. The third-order valence-corrected chi connectivity index (χ3v) is 5.15. The van der Waals surface area contributed by atoms with Crippen molar-refractivity contribution < 1.29 is 32.2 Å². The molecule has 35 heavy (non-hydrogen) atoms. The van der Waals surface area contributed by atoms with Gasteiger partial charge < -0.3 is 23.0 Å². The fraction of sp³-hybridized carbons (Fsp3) is 0.269. The van der Waals surface area contributed by atoms with E-state index in [1.54, 1.807) is 31.2 Å². The van der Waals surface area contributed by atoms with Gasteiger partial charge in [0.15, 0.2) is 17.0 Å². The van der Waals surface area contributed by atoms with Gasteiger partial charge >= 0.3 is 5.97 Å². The molecular weight excluding hydrogens is 459 g/mol. The van der Waals surface area contributed by atoms with Gasteiger partial charge in [-0.3, -0.25) is 9.59 Å². The zero-order valence-electron chi connectivity index (χ0n) is 19.2. The van der Waals surface area contributed by atoms with Crippen LogP contribution in [0.5, 0.6) is 11.5 Å². The van der Waals surface area contributed by atoms with Crippen molar-refractivity contribution >= 4 is 27.9 Å². The number of hydrogen-bond donors (Lipinski definition) is 0. The molecule has 0 aliphatic heterocycles. The highest BCUT2D eigenvalue weighted by Gasteiger charge is 2.18. The maximum absolute atomic E-state index is 14.6. The molecule has 1 atom stereocenters. The van der Waals surface area contributed by atoms with E-state index in [0.717, 1.165) is 6.07 Å². The third-order valence-electron chi connectivity index (χ3n) is 5.15. The molecule has 0 fully saturated rings. The molecule has 0 radical (unpaired) electrons. The summed E-state index contributed by atoms with van der Waals surface area (Å²) < 4.78 is 41.7. The first-order chi connectivity index (χ1) is 16.9. The molecular formula is C26H23FO8. The second-order valence-electron chi connectivity index (χ2n) is 7.60. The molecule has 2 heterocycles. The Hall–Kier alpha value is -4.14. The summed E-state index contributed by atoms with van der Waals surface area (Å²) in [5, 5.41) is 0.314. The van der Waals surface area contributed by atoms with E-state index in [2.05, 4.69) is 0 Å². The average Bonchev–Trinajstić information content (AvgIpc) is 2.85. The first kappa shape index (κ1) is 24.0. The maximum atomic E-state index is 14.6. The van der Waals surface area contributed by atoms with E-state index in [4.69, 9.17) is 23.0 Å². The van der Waals surface area contributed by atoms with E-state index in [-0.39, 0.29) is 52.3 Å². The number of halogens is 1. The number of ether oxygens (including phenoxy) is 3. The van der Waals surface area contributed by atoms with Gasteiger partial charge in [0.05, 0.1) is 6.61 Å². The number of esters is 1. The summed E-state index contributed by atoms with van der Waals surface area (Å²) >= 11 is 0. The van der Waals surface area contributed by atoms with Crippen molar-refractivity contribution in [3.05, 3.63) is 80.5 Å². The normalized spacial score (nSPS) is 12.0. The summed E-state index contributed by atoms with van der Waals surface area (Å²) in [5.74, 6) is -0.132. The van der Waals surface area contributed by atoms with Crippen LogP contribution in [-0.4, -0.2) is 32.0 Å². The lowest BCUT2D eigenvalue weighted by molar-refractivity contribution is 0.0490. The predicted molar refractivity (Wildman–Crippen MR) is 126 cm³/mol. The lowest BCUT2D eigenvalue weighted by Crippen LogP contribution is -2.22. The molecule has 2 aromatic carbocycles. The highest BCUT2D eigenvalue weighted by Crippen LogP contribution is 2.25. The van der Waals surface area contributed by atoms with Crippen molar-refractivity contribution in [1.82, 2.24) is 0 Å². The van der Waals surface area contributed by atoms with Crippen molar-refractivity contribution in [2.24, 2.45) is 0 Å². The summed E-state index contributed by atoms with van der Waals surface area (Å²) in [7, 11) is 0. The molecule has 4 rings (SSSR count). The van der Waals surface area contributed by atoms with Gasteiger partial charge in [-0.15, -0.1) is 0 Å². The Kier molecular flexibility index (Phi) is 7.14. The minimum absolute atomic E-state index is 0.0760. The molecule has 8 nitrogen and oxygen atoms in total. The van der Waals surface area contributed by atoms with E-state index < -0.39 is 24.2 Å². The number of fused-ring (bicyclic) bond motifs is 2. The van der Waals surface area contributed by atoms with Gasteiger partial charge in [0.25, 0.3) is 0 Å². The second kappa shape index (κ2) is 10.4. The van der Waals surface area contributed by atoms with Crippen LogP contribution in [0.25, 0.3) is 21.9 Å². The van der Waals surface area contributed by atoms with Crippen LogP contribution in [0, 0.1) is 0 Å². The molecule has 4 aromatic rings. The first-order valence-corrected chi connectivity index (χ1v) is 11.1.